The monoisotopic (exact) mass is 291 g/mol. The van der Waals surface area contributed by atoms with Gasteiger partial charge in [0, 0.05) is 32.2 Å². The van der Waals surface area contributed by atoms with Gasteiger partial charge >= 0.3 is 0 Å². The zero-order chi connectivity index (χ0) is 15.4. The predicted molar refractivity (Wildman–Crippen MR) is 74.7 cm³/mol. The molecule has 8 heteroatoms. The summed E-state index contributed by atoms with van der Waals surface area (Å²) in [5, 5.41) is 23.1. The number of nitriles is 1. The summed E-state index contributed by atoms with van der Waals surface area (Å²) >= 11 is 0. The topological polar surface area (TPSA) is 104 Å². The Balaban J connectivity index is 2.33. The fourth-order valence-corrected chi connectivity index (χ4v) is 2.41. The minimum atomic E-state index is -0.546. The highest BCUT2D eigenvalue weighted by molar-refractivity contribution is 5.94. The molecule has 112 valence electrons. The lowest BCUT2D eigenvalue weighted by Crippen LogP contribution is -2.53. The number of piperazine rings is 1. The Morgan fingerprint density at radius 2 is 2.43 bits per heavy atom. The standard InChI is InChI=1S/C13H17N5O3/c1-2-4-16-9-10(18(20)21)6-12(16)13(19)17-5-3-15-8-11(17)7-14/h6,9,11,15H,2-5,8H2,1H3. The van der Waals surface area contributed by atoms with Gasteiger partial charge in [-0.3, -0.25) is 14.9 Å². The van der Waals surface area contributed by atoms with Crippen LogP contribution < -0.4 is 5.32 Å². The van der Waals surface area contributed by atoms with E-state index >= 15 is 0 Å². The molecule has 0 saturated carbocycles. The van der Waals surface area contributed by atoms with E-state index in [1.54, 1.807) is 4.57 Å². The molecule has 1 atom stereocenters. The molecule has 0 aromatic carbocycles. The van der Waals surface area contributed by atoms with Gasteiger partial charge in [-0.1, -0.05) is 6.92 Å². The molecule has 0 aliphatic carbocycles. The van der Waals surface area contributed by atoms with Crippen molar-refractivity contribution in [1.82, 2.24) is 14.8 Å². The summed E-state index contributed by atoms with van der Waals surface area (Å²) in [5.41, 5.74) is 0.168. The first-order chi connectivity index (χ1) is 10.1. The number of hydrogen-bond donors (Lipinski definition) is 1. The Hall–Kier alpha value is -2.40. The highest BCUT2D eigenvalue weighted by atomic mass is 16.6. The van der Waals surface area contributed by atoms with Crippen LogP contribution in [0.3, 0.4) is 0 Å². The summed E-state index contributed by atoms with van der Waals surface area (Å²) in [5.74, 6) is -0.329. The maximum atomic E-state index is 12.6. The van der Waals surface area contributed by atoms with Gasteiger partial charge in [0.25, 0.3) is 11.6 Å². The lowest BCUT2D eigenvalue weighted by molar-refractivity contribution is -0.384. The smallest absolute Gasteiger partial charge is 0.287 e. The van der Waals surface area contributed by atoms with Crippen LogP contribution in [-0.2, 0) is 6.54 Å². The number of aryl methyl sites for hydroxylation is 1. The number of carbonyl (C=O) groups is 1. The van der Waals surface area contributed by atoms with Gasteiger partial charge in [0.05, 0.1) is 17.2 Å². The number of nitrogens with one attached hydrogen (secondary N) is 1. The molecular formula is C13H17N5O3. The average Bonchev–Trinajstić information content (AvgIpc) is 2.91. The molecule has 2 rings (SSSR count). The number of carbonyl (C=O) groups excluding carboxylic acids is 1. The maximum Gasteiger partial charge on any atom is 0.287 e. The van der Waals surface area contributed by atoms with Crippen molar-refractivity contribution >= 4 is 11.6 Å². The van der Waals surface area contributed by atoms with Crippen LogP contribution in [0, 0.1) is 21.4 Å². The Kier molecular flexibility index (Phi) is 4.55. The molecule has 2 heterocycles. The largest absolute Gasteiger partial charge is 0.337 e. The molecule has 1 unspecified atom stereocenters. The molecule has 0 spiro atoms. The summed E-state index contributed by atoms with van der Waals surface area (Å²) < 4.78 is 1.59. The van der Waals surface area contributed by atoms with E-state index in [1.165, 1.54) is 17.2 Å². The van der Waals surface area contributed by atoms with Crippen LogP contribution in [0.5, 0.6) is 0 Å². The first-order valence-electron chi connectivity index (χ1n) is 6.84. The molecule has 1 aromatic heterocycles. The molecule has 1 N–H and O–H groups in total. The lowest BCUT2D eigenvalue weighted by Gasteiger charge is -2.32. The second kappa shape index (κ2) is 6.37. The third-order valence-corrected chi connectivity index (χ3v) is 3.43. The van der Waals surface area contributed by atoms with E-state index in [0.717, 1.165) is 6.42 Å². The summed E-state index contributed by atoms with van der Waals surface area (Å²) in [7, 11) is 0. The molecule has 0 bridgehead atoms. The van der Waals surface area contributed by atoms with Gasteiger partial charge in [0.2, 0.25) is 0 Å². The van der Waals surface area contributed by atoms with Crippen LogP contribution in [0.1, 0.15) is 23.8 Å². The highest BCUT2D eigenvalue weighted by Crippen LogP contribution is 2.20. The van der Waals surface area contributed by atoms with Crippen molar-refractivity contribution in [2.75, 3.05) is 19.6 Å². The average molecular weight is 291 g/mol. The normalized spacial score (nSPS) is 18.3. The number of nitro groups is 1. The van der Waals surface area contributed by atoms with Gasteiger partial charge in [-0.2, -0.15) is 5.26 Å². The first-order valence-corrected chi connectivity index (χ1v) is 6.84. The van der Waals surface area contributed by atoms with E-state index in [-0.39, 0.29) is 17.3 Å². The van der Waals surface area contributed by atoms with Crippen molar-refractivity contribution in [3.63, 3.8) is 0 Å². The molecule has 1 amide bonds. The van der Waals surface area contributed by atoms with Gasteiger partial charge in [-0.25, -0.2) is 0 Å². The predicted octanol–water partition coefficient (Wildman–Crippen LogP) is 0.744. The van der Waals surface area contributed by atoms with E-state index in [0.29, 0.717) is 26.2 Å². The molecule has 1 aliphatic rings. The number of hydrogen-bond acceptors (Lipinski definition) is 5. The molecular weight excluding hydrogens is 274 g/mol. The number of rotatable bonds is 4. The second-order valence-corrected chi connectivity index (χ2v) is 4.88. The second-order valence-electron chi connectivity index (χ2n) is 4.88. The summed E-state index contributed by atoms with van der Waals surface area (Å²) in [6.07, 6.45) is 2.13. The first kappa shape index (κ1) is 15.0. The Labute approximate surface area is 122 Å². The van der Waals surface area contributed by atoms with E-state index in [2.05, 4.69) is 11.4 Å². The van der Waals surface area contributed by atoms with Crippen LogP contribution in [0.25, 0.3) is 0 Å². The Morgan fingerprint density at radius 1 is 1.67 bits per heavy atom. The van der Waals surface area contributed by atoms with Crippen molar-refractivity contribution in [2.45, 2.75) is 25.9 Å². The summed E-state index contributed by atoms with van der Waals surface area (Å²) in [4.78, 5) is 24.5. The quantitative estimate of drug-likeness (QED) is 0.651. The van der Waals surface area contributed by atoms with Gasteiger partial charge in [-0.05, 0) is 6.42 Å². The Bertz CT molecular complexity index is 589. The minimum Gasteiger partial charge on any atom is -0.337 e. The minimum absolute atomic E-state index is 0.101. The van der Waals surface area contributed by atoms with E-state index in [1.807, 2.05) is 6.92 Å². The van der Waals surface area contributed by atoms with E-state index < -0.39 is 11.0 Å². The van der Waals surface area contributed by atoms with Gasteiger partial charge in [-0.15, -0.1) is 0 Å². The molecule has 8 nitrogen and oxygen atoms in total. The molecule has 1 saturated heterocycles. The van der Waals surface area contributed by atoms with Crippen molar-refractivity contribution in [3.05, 3.63) is 28.1 Å². The molecule has 1 aromatic rings. The molecule has 0 radical (unpaired) electrons. The Morgan fingerprint density at radius 3 is 3.05 bits per heavy atom. The fourth-order valence-electron chi connectivity index (χ4n) is 2.41. The lowest BCUT2D eigenvalue weighted by atomic mass is 10.2. The summed E-state index contributed by atoms with van der Waals surface area (Å²) in [6.45, 7) is 3.91. The van der Waals surface area contributed by atoms with E-state index in [4.69, 9.17) is 5.26 Å². The van der Waals surface area contributed by atoms with Crippen LogP contribution in [0.2, 0.25) is 0 Å². The zero-order valence-corrected chi connectivity index (χ0v) is 11.8. The van der Waals surface area contributed by atoms with Crippen molar-refractivity contribution in [1.29, 1.82) is 5.26 Å². The van der Waals surface area contributed by atoms with Crippen molar-refractivity contribution in [3.8, 4) is 6.07 Å². The van der Waals surface area contributed by atoms with Gasteiger partial charge in [0.1, 0.15) is 11.7 Å². The van der Waals surface area contributed by atoms with Gasteiger partial charge < -0.3 is 14.8 Å². The van der Waals surface area contributed by atoms with Crippen molar-refractivity contribution < 1.29 is 9.72 Å². The number of aromatic nitrogens is 1. The van der Waals surface area contributed by atoms with E-state index in [9.17, 15) is 14.9 Å². The van der Waals surface area contributed by atoms with Crippen LogP contribution in [0.15, 0.2) is 12.3 Å². The molecule has 21 heavy (non-hydrogen) atoms. The third kappa shape index (κ3) is 3.03. The van der Waals surface area contributed by atoms with Gasteiger partial charge in [0.15, 0.2) is 0 Å². The van der Waals surface area contributed by atoms with Crippen LogP contribution in [0.4, 0.5) is 5.69 Å². The SMILES string of the molecule is CCCn1cc([N+](=O)[O-])cc1C(=O)N1CCNCC1C#N. The molecule has 1 aliphatic heterocycles. The fraction of sp³-hybridized carbons (Fsp3) is 0.538. The highest BCUT2D eigenvalue weighted by Gasteiger charge is 2.30. The molecule has 1 fully saturated rings. The summed E-state index contributed by atoms with van der Waals surface area (Å²) in [6, 6.07) is 2.83. The van der Waals surface area contributed by atoms with Crippen molar-refractivity contribution in [2.24, 2.45) is 0 Å². The maximum absolute atomic E-state index is 12.6. The zero-order valence-electron chi connectivity index (χ0n) is 11.8. The van der Waals surface area contributed by atoms with Crippen LogP contribution in [-0.4, -0.2) is 46.0 Å². The number of amides is 1. The van der Waals surface area contributed by atoms with Crippen LogP contribution >= 0.6 is 0 Å². The number of nitrogens with zero attached hydrogens (tertiary/aromatic N) is 4. The third-order valence-electron chi connectivity index (χ3n) is 3.43.